The van der Waals surface area contributed by atoms with Crippen LogP contribution in [0.4, 0.5) is 0 Å². The zero-order valence-corrected chi connectivity index (χ0v) is 14.8. The maximum absolute atomic E-state index is 11.6. The van der Waals surface area contributed by atoms with Gasteiger partial charge < -0.3 is 15.4 Å². The van der Waals surface area contributed by atoms with E-state index in [4.69, 9.17) is 4.74 Å². The molecule has 0 unspecified atom stereocenters. The largest absolute Gasteiger partial charge is 0.452 e. The Bertz CT molecular complexity index is 765. The van der Waals surface area contributed by atoms with Gasteiger partial charge in [0.25, 0.3) is 5.91 Å². The lowest BCUT2D eigenvalue weighted by Gasteiger charge is -2.09. The van der Waals surface area contributed by atoms with E-state index in [9.17, 15) is 14.4 Å². The minimum atomic E-state index is -0.652. The fraction of sp³-hybridized carbons (Fsp3) is 0.294. The predicted octanol–water partition coefficient (Wildman–Crippen LogP) is 1.49. The second kappa shape index (κ2) is 8.93. The number of para-hydroxylation sites is 1. The molecule has 1 aromatic carbocycles. The summed E-state index contributed by atoms with van der Waals surface area (Å²) >= 11 is 1.45. The van der Waals surface area contributed by atoms with E-state index in [1.807, 2.05) is 38.1 Å². The van der Waals surface area contributed by atoms with E-state index in [1.54, 1.807) is 6.08 Å². The first kappa shape index (κ1) is 18.6. The van der Waals surface area contributed by atoms with Gasteiger partial charge in [-0.25, -0.2) is 9.78 Å². The Hall–Kier alpha value is -2.74. The number of rotatable bonds is 7. The SMILES string of the molecule is CC(C)NC(=O)CNC(=O)COC(=O)/C=C/c1nc2ccccc2s1. The number of benzene rings is 1. The van der Waals surface area contributed by atoms with Crippen molar-refractivity contribution in [2.45, 2.75) is 19.9 Å². The first-order valence-electron chi connectivity index (χ1n) is 7.70. The predicted molar refractivity (Wildman–Crippen MR) is 95.9 cm³/mol. The fourth-order valence-electron chi connectivity index (χ4n) is 1.89. The van der Waals surface area contributed by atoms with Gasteiger partial charge in [-0.2, -0.15) is 0 Å². The summed E-state index contributed by atoms with van der Waals surface area (Å²) in [7, 11) is 0. The molecule has 2 N–H and O–H groups in total. The van der Waals surface area contributed by atoms with E-state index in [0.29, 0.717) is 5.01 Å². The highest BCUT2D eigenvalue weighted by atomic mass is 32.1. The molecule has 2 amide bonds. The fourth-order valence-corrected chi connectivity index (χ4v) is 2.76. The van der Waals surface area contributed by atoms with Gasteiger partial charge in [0, 0.05) is 12.1 Å². The van der Waals surface area contributed by atoms with E-state index < -0.39 is 18.5 Å². The summed E-state index contributed by atoms with van der Waals surface area (Å²) in [6.07, 6.45) is 2.76. The smallest absolute Gasteiger partial charge is 0.331 e. The molecule has 0 saturated carbocycles. The molecule has 0 aliphatic heterocycles. The topological polar surface area (TPSA) is 97.4 Å². The molecule has 8 heteroatoms. The highest BCUT2D eigenvalue weighted by molar-refractivity contribution is 7.19. The quantitative estimate of drug-likeness (QED) is 0.575. The summed E-state index contributed by atoms with van der Waals surface area (Å²) in [5.74, 6) is -1.49. The molecule has 0 aliphatic carbocycles. The van der Waals surface area contributed by atoms with Gasteiger partial charge in [0.05, 0.1) is 16.8 Å². The van der Waals surface area contributed by atoms with E-state index >= 15 is 0 Å². The van der Waals surface area contributed by atoms with E-state index in [0.717, 1.165) is 10.2 Å². The molecule has 2 aromatic rings. The third-order valence-corrected chi connectivity index (χ3v) is 3.92. The third-order valence-electron chi connectivity index (χ3n) is 2.91. The lowest BCUT2D eigenvalue weighted by Crippen LogP contribution is -2.41. The van der Waals surface area contributed by atoms with Gasteiger partial charge in [-0.15, -0.1) is 11.3 Å². The second-order valence-electron chi connectivity index (χ2n) is 5.46. The minimum absolute atomic E-state index is 0.00474. The van der Waals surface area contributed by atoms with Gasteiger partial charge in [-0.3, -0.25) is 9.59 Å². The molecule has 0 bridgehead atoms. The standard InChI is InChI=1S/C17H19N3O4S/c1-11(2)19-14(21)9-18-15(22)10-24-17(23)8-7-16-20-12-5-3-4-6-13(12)25-16/h3-8,11H,9-10H2,1-2H3,(H,18,22)(H,19,21)/b8-7+. The number of aromatic nitrogens is 1. The van der Waals surface area contributed by atoms with Crippen LogP contribution in [0, 0.1) is 0 Å². The summed E-state index contributed by atoms with van der Waals surface area (Å²) in [5, 5.41) is 5.68. The monoisotopic (exact) mass is 361 g/mol. The molecule has 0 atom stereocenters. The van der Waals surface area contributed by atoms with Crippen molar-refractivity contribution < 1.29 is 19.1 Å². The van der Waals surface area contributed by atoms with Gasteiger partial charge >= 0.3 is 5.97 Å². The lowest BCUT2D eigenvalue weighted by atomic mass is 10.3. The van der Waals surface area contributed by atoms with Crippen molar-refractivity contribution in [2.24, 2.45) is 0 Å². The van der Waals surface area contributed by atoms with E-state index in [1.165, 1.54) is 17.4 Å². The zero-order chi connectivity index (χ0) is 18.2. The number of thiazole rings is 1. The molecule has 25 heavy (non-hydrogen) atoms. The molecule has 1 heterocycles. The van der Waals surface area contributed by atoms with Crippen molar-refractivity contribution >= 4 is 45.4 Å². The molecule has 0 fully saturated rings. The number of nitrogens with zero attached hydrogens (tertiary/aromatic N) is 1. The summed E-state index contributed by atoms with van der Waals surface area (Å²) in [6, 6.07) is 7.64. The van der Waals surface area contributed by atoms with Crippen LogP contribution in [0.2, 0.25) is 0 Å². The Morgan fingerprint density at radius 1 is 1.24 bits per heavy atom. The molecule has 7 nitrogen and oxygen atoms in total. The first-order chi connectivity index (χ1) is 11.9. The minimum Gasteiger partial charge on any atom is -0.452 e. The number of amides is 2. The number of hydrogen-bond donors (Lipinski definition) is 2. The number of carbonyl (C=O) groups excluding carboxylic acids is 3. The van der Waals surface area contributed by atoms with E-state index in [2.05, 4.69) is 15.6 Å². The second-order valence-corrected chi connectivity index (χ2v) is 6.52. The molecule has 0 saturated heterocycles. The summed E-state index contributed by atoms with van der Waals surface area (Å²) in [5.41, 5.74) is 0.861. The van der Waals surface area contributed by atoms with Crippen LogP contribution in [0.15, 0.2) is 30.3 Å². The summed E-state index contributed by atoms with van der Waals surface area (Å²) < 4.78 is 5.84. The van der Waals surface area contributed by atoms with Crippen molar-refractivity contribution in [2.75, 3.05) is 13.2 Å². The number of fused-ring (bicyclic) bond motifs is 1. The van der Waals surface area contributed by atoms with Crippen LogP contribution in [0.3, 0.4) is 0 Å². The number of hydrogen-bond acceptors (Lipinski definition) is 6. The van der Waals surface area contributed by atoms with Gasteiger partial charge in [-0.1, -0.05) is 12.1 Å². The number of carbonyl (C=O) groups is 3. The van der Waals surface area contributed by atoms with Crippen LogP contribution in [0.5, 0.6) is 0 Å². The molecular weight excluding hydrogens is 342 g/mol. The van der Waals surface area contributed by atoms with E-state index in [-0.39, 0.29) is 18.5 Å². The van der Waals surface area contributed by atoms with Gasteiger partial charge in [0.2, 0.25) is 5.91 Å². The number of ether oxygens (including phenoxy) is 1. The van der Waals surface area contributed by atoms with Crippen molar-refractivity contribution in [3.05, 3.63) is 35.3 Å². The maximum atomic E-state index is 11.6. The molecule has 2 rings (SSSR count). The Kier molecular flexibility index (Phi) is 6.64. The average molecular weight is 361 g/mol. The molecular formula is C17H19N3O4S. The molecule has 0 spiro atoms. The maximum Gasteiger partial charge on any atom is 0.331 e. The Morgan fingerprint density at radius 3 is 2.72 bits per heavy atom. The Labute approximate surface area is 149 Å². The van der Waals surface area contributed by atoms with Gasteiger partial charge in [0.15, 0.2) is 6.61 Å². The Balaban J connectivity index is 1.74. The first-order valence-corrected chi connectivity index (χ1v) is 8.52. The van der Waals surface area contributed by atoms with Crippen LogP contribution in [0.25, 0.3) is 16.3 Å². The lowest BCUT2D eigenvalue weighted by molar-refractivity contribution is -0.143. The van der Waals surface area contributed by atoms with Crippen LogP contribution in [-0.2, 0) is 19.1 Å². The normalized spacial score (nSPS) is 11.0. The Morgan fingerprint density at radius 2 is 2.00 bits per heavy atom. The van der Waals surface area contributed by atoms with Crippen LogP contribution in [-0.4, -0.2) is 42.0 Å². The van der Waals surface area contributed by atoms with Crippen LogP contribution < -0.4 is 10.6 Å². The third kappa shape index (κ3) is 6.34. The van der Waals surface area contributed by atoms with Crippen molar-refractivity contribution in [3.8, 4) is 0 Å². The van der Waals surface area contributed by atoms with Crippen molar-refractivity contribution in [1.82, 2.24) is 15.6 Å². The molecule has 1 aromatic heterocycles. The zero-order valence-electron chi connectivity index (χ0n) is 13.9. The molecule has 132 valence electrons. The highest BCUT2D eigenvalue weighted by Gasteiger charge is 2.08. The molecule has 0 radical (unpaired) electrons. The number of esters is 1. The van der Waals surface area contributed by atoms with Crippen molar-refractivity contribution in [1.29, 1.82) is 0 Å². The average Bonchev–Trinajstić information content (AvgIpc) is 2.98. The molecule has 0 aliphatic rings. The highest BCUT2D eigenvalue weighted by Crippen LogP contribution is 2.22. The van der Waals surface area contributed by atoms with Gasteiger partial charge in [-0.05, 0) is 32.1 Å². The van der Waals surface area contributed by atoms with Crippen molar-refractivity contribution in [3.63, 3.8) is 0 Å². The van der Waals surface area contributed by atoms with Crippen LogP contribution >= 0.6 is 11.3 Å². The number of nitrogens with one attached hydrogen (secondary N) is 2. The summed E-state index contributed by atoms with van der Waals surface area (Å²) in [6.45, 7) is 3.03. The summed E-state index contributed by atoms with van der Waals surface area (Å²) in [4.78, 5) is 38.9. The van der Waals surface area contributed by atoms with Gasteiger partial charge in [0.1, 0.15) is 5.01 Å². The van der Waals surface area contributed by atoms with Crippen LogP contribution in [0.1, 0.15) is 18.9 Å².